The van der Waals surface area contributed by atoms with Gasteiger partial charge in [-0.3, -0.25) is 9.59 Å². The standard InChI is InChI=1S/C80H145NO10/c1-3-5-7-9-11-13-15-17-43-46-50-54-58-62-66-73(83)72(71-90-80-79(88)78(87)77(86)74(70-82)91-80)81-75(84)67-63-59-55-51-47-44-41-39-37-35-33-31-29-27-25-23-21-19-18-20-22-24-26-28-30-32-34-36-38-40-42-45-49-53-57-61-65-69-89-76(85)68-64-60-56-52-48-16-14-12-10-8-6-4-2/h12-15,18,20,24,26,46,50,62,66,72-74,77-80,82-83,86-88H,3-11,16-17,19,21-23,25,27-45,47-49,51-61,63-65,67-71H2,1-2H3,(H,81,84)/b14-12-,15-13+,20-18-,26-24-,50-46+,66-62+. The summed E-state index contributed by atoms with van der Waals surface area (Å²) in [5, 5.41) is 54.5. The summed E-state index contributed by atoms with van der Waals surface area (Å²) in [5.41, 5.74) is 0. The molecule has 1 aliphatic rings. The highest BCUT2D eigenvalue weighted by molar-refractivity contribution is 5.76. The number of allylic oxidation sites excluding steroid dienone is 11. The topological polar surface area (TPSA) is 175 Å². The zero-order valence-electron chi connectivity index (χ0n) is 59.1. The minimum Gasteiger partial charge on any atom is -0.466 e. The number of aliphatic hydroxyl groups is 5. The maximum absolute atomic E-state index is 13.1. The molecule has 530 valence electrons. The van der Waals surface area contributed by atoms with E-state index in [0.29, 0.717) is 19.4 Å². The van der Waals surface area contributed by atoms with Gasteiger partial charge in [0.25, 0.3) is 0 Å². The van der Waals surface area contributed by atoms with Gasteiger partial charge in [-0.15, -0.1) is 0 Å². The molecule has 1 heterocycles. The number of rotatable bonds is 68. The SMILES string of the molecule is CCCCC/C=C\CCCCCCCC(=O)OCCCCCCCCCCCCCCC/C=C\C/C=C\CCCCCCCCCCCCCCCCCCCC(=O)NC(COC1OC(CO)C(O)C(O)C1O)C(O)/C=C/CC/C=C/CC/C=C/CCCCCC. The van der Waals surface area contributed by atoms with E-state index in [9.17, 15) is 35.1 Å². The molecule has 91 heavy (non-hydrogen) atoms. The second-order valence-corrected chi connectivity index (χ2v) is 26.7. The Morgan fingerprint density at radius 1 is 0.407 bits per heavy atom. The van der Waals surface area contributed by atoms with E-state index in [1.807, 2.05) is 6.08 Å². The van der Waals surface area contributed by atoms with Crippen molar-refractivity contribution >= 4 is 11.9 Å². The zero-order chi connectivity index (χ0) is 65.8. The summed E-state index contributed by atoms with van der Waals surface area (Å²) in [6.07, 6.45) is 83.5. The third kappa shape index (κ3) is 57.1. The zero-order valence-corrected chi connectivity index (χ0v) is 59.1. The molecule has 0 bridgehead atoms. The molecule has 1 aliphatic heterocycles. The predicted molar refractivity (Wildman–Crippen MR) is 384 cm³/mol. The number of aliphatic hydroxyl groups excluding tert-OH is 5. The monoisotopic (exact) mass is 1280 g/mol. The fourth-order valence-electron chi connectivity index (χ4n) is 11.9. The van der Waals surface area contributed by atoms with Gasteiger partial charge in [-0.2, -0.15) is 0 Å². The smallest absolute Gasteiger partial charge is 0.305 e. The number of hydrogen-bond acceptors (Lipinski definition) is 10. The van der Waals surface area contributed by atoms with E-state index in [0.717, 1.165) is 77.0 Å². The normalized spacial score (nSPS) is 18.0. The molecule has 11 nitrogen and oxygen atoms in total. The average molecular weight is 1280 g/mol. The molecule has 1 saturated heterocycles. The Labute approximate surface area is 560 Å². The number of nitrogens with one attached hydrogen (secondary N) is 1. The van der Waals surface area contributed by atoms with Crippen LogP contribution in [0.5, 0.6) is 0 Å². The summed E-state index contributed by atoms with van der Waals surface area (Å²) < 4.78 is 16.7. The van der Waals surface area contributed by atoms with Gasteiger partial charge < -0.3 is 45.1 Å². The molecule has 0 aromatic rings. The molecule has 0 radical (unpaired) electrons. The van der Waals surface area contributed by atoms with Crippen LogP contribution in [0.3, 0.4) is 0 Å². The van der Waals surface area contributed by atoms with Crippen LogP contribution in [0.25, 0.3) is 0 Å². The largest absolute Gasteiger partial charge is 0.466 e. The highest BCUT2D eigenvalue weighted by atomic mass is 16.7. The number of ether oxygens (including phenoxy) is 3. The van der Waals surface area contributed by atoms with Crippen LogP contribution in [0.1, 0.15) is 361 Å². The average Bonchev–Trinajstić information content (AvgIpc) is 1.29. The summed E-state index contributed by atoms with van der Waals surface area (Å²) in [5.74, 6) is -0.191. The second kappa shape index (κ2) is 68.5. The fraction of sp³-hybridized carbons (Fsp3) is 0.825. The first kappa shape index (κ1) is 86.1. The van der Waals surface area contributed by atoms with Crippen molar-refractivity contribution in [3.8, 4) is 0 Å². The Hall–Kier alpha value is -2.90. The summed E-state index contributed by atoms with van der Waals surface area (Å²) in [4.78, 5) is 25.1. The van der Waals surface area contributed by atoms with E-state index < -0.39 is 49.5 Å². The Kier molecular flexibility index (Phi) is 64.8. The molecule has 7 atom stereocenters. The molecule has 0 spiro atoms. The van der Waals surface area contributed by atoms with Crippen LogP contribution < -0.4 is 5.32 Å². The van der Waals surface area contributed by atoms with E-state index in [1.54, 1.807) is 6.08 Å². The molecular formula is C80H145NO10. The minimum atomic E-state index is -1.58. The summed E-state index contributed by atoms with van der Waals surface area (Å²) in [6.45, 7) is 4.31. The van der Waals surface area contributed by atoms with Gasteiger partial charge in [0.05, 0.1) is 32.0 Å². The van der Waals surface area contributed by atoms with Crippen molar-refractivity contribution in [2.75, 3.05) is 19.8 Å². The van der Waals surface area contributed by atoms with Crippen LogP contribution in [0.4, 0.5) is 0 Å². The number of unbranched alkanes of at least 4 members (excludes halogenated alkanes) is 44. The number of carbonyl (C=O) groups is 2. The number of hydrogen-bond donors (Lipinski definition) is 6. The first-order valence-corrected chi connectivity index (χ1v) is 38.7. The van der Waals surface area contributed by atoms with Gasteiger partial charge in [-0.05, 0) is 116 Å². The minimum absolute atomic E-state index is 0.00196. The lowest BCUT2D eigenvalue weighted by Crippen LogP contribution is -2.60. The van der Waals surface area contributed by atoms with E-state index in [1.165, 1.54) is 257 Å². The van der Waals surface area contributed by atoms with Gasteiger partial charge in [0.15, 0.2) is 6.29 Å². The molecule has 0 aromatic carbocycles. The van der Waals surface area contributed by atoms with Gasteiger partial charge in [-0.25, -0.2) is 0 Å². The molecule has 6 N–H and O–H groups in total. The first-order chi connectivity index (χ1) is 44.7. The second-order valence-electron chi connectivity index (χ2n) is 26.7. The van der Waals surface area contributed by atoms with Crippen molar-refractivity contribution in [3.05, 3.63) is 72.9 Å². The molecule has 0 aliphatic carbocycles. The van der Waals surface area contributed by atoms with E-state index >= 15 is 0 Å². The quantitative estimate of drug-likeness (QED) is 0.0195. The van der Waals surface area contributed by atoms with Crippen molar-refractivity contribution in [2.24, 2.45) is 0 Å². The third-order valence-corrected chi connectivity index (χ3v) is 18.0. The fourth-order valence-corrected chi connectivity index (χ4v) is 11.9. The lowest BCUT2D eigenvalue weighted by molar-refractivity contribution is -0.302. The van der Waals surface area contributed by atoms with Gasteiger partial charge in [0.2, 0.25) is 5.91 Å². The van der Waals surface area contributed by atoms with Crippen molar-refractivity contribution in [3.63, 3.8) is 0 Å². The summed E-state index contributed by atoms with van der Waals surface area (Å²) in [6, 6.07) is -0.834. The van der Waals surface area contributed by atoms with Crippen LogP contribution >= 0.6 is 0 Å². The maximum atomic E-state index is 13.1. The van der Waals surface area contributed by atoms with Crippen LogP contribution in [-0.4, -0.2) is 100 Å². The van der Waals surface area contributed by atoms with Gasteiger partial charge >= 0.3 is 5.97 Å². The highest BCUT2D eigenvalue weighted by Gasteiger charge is 2.44. The van der Waals surface area contributed by atoms with Crippen molar-refractivity contribution < 1.29 is 49.3 Å². The lowest BCUT2D eigenvalue weighted by Gasteiger charge is -2.40. The third-order valence-electron chi connectivity index (χ3n) is 18.0. The Balaban J connectivity index is 1.95. The summed E-state index contributed by atoms with van der Waals surface area (Å²) in [7, 11) is 0. The molecular weight excluding hydrogens is 1130 g/mol. The maximum Gasteiger partial charge on any atom is 0.305 e. The van der Waals surface area contributed by atoms with E-state index in [-0.39, 0.29) is 18.5 Å². The Morgan fingerprint density at radius 3 is 1.18 bits per heavy atom. The Morgan fingerprint density at radius 2 is 0.747 bits per heavy atom. The molecule has 1 amide bonds. The number of esters is 1. The predicted octanol–water partition coefficient (Wildman–Crippen LogP) is 20.6. The highest BCUT2D eigenvalue weighted by Crippen LogP contribution is 2.23. The van der Waals surface area contributed by atoms with Crippen LogP contribution in [0.2, 0.25) is 0 Å². The van der Waals surface area contributed by atoms with Crippen LogP contribution in [0, 0.1) is 0 Å². The van der Waals surface area contributed by atoms with Crippen LogP contribution in [0.15, 0.2) is 72.9 Å². The number of amides is 1. The number of carbonyl (C=O) groups excluding carboxylic acids is 2. The molecule has 0 saturated carbocycles. The lowest BCUT2D eigenvalue weighted by atomic mass is 9.99. The van der Waals surface area contributed by atoms with Crippen LogP contribution in [-0.2, 0) is 23.8 Å². The molecule has 0 aromatic heterocycles. The Bertz CT molecular complexity index is 1740. The van der Waals surface area contributed by atoms with E-state index in [4.69, 9.17) is 14.2 Å². The van der Waals surface area contributed by atoms with E-state index in [2.05, 4.69) is 79.9 Å². The first-order valence-electron chi connectivity index (χ1n) is 38.7. The van der Waals surface area contributed by atoms with Gasteiger partial charge in [-0.1, -0.05) is 305 Å². The molecule has 1 fully saturated rings. The van der Waals surface area contributed by atoms with Crippen molar-refractivity contribution in [1.29, 1.82) is 0 Å². The van der Waals surface area contributed by atoms with Gasteiger partial charge in [0.1, 0.15) is 24.4 Å². The summed E-state index contributed by atoms with van der Waals surface area (Å²) >= 11 is 0. The van der Waals surface area contributed by atoms with Crippen molar-refractivity contribution in [1.82, 2.24) is 5.32 Å². The van der Waals surface area contributed by atoms with Gasteiger partial charge in [0, 0.05) is 12.8 Å². The molecule has 7 unspecified atom stereocenters. The van der Waals surface area contributed by atoms with Crippen molar-refractivity contribution in [2.45, 2.75) is 403 Å². The molecule has 1 rings (SSSR count). The molecule has 11 heteroatoms.